The third-order valence-corrected chi connectivity index (χ3v) is 7.00. The van der Waals surface area contributed by atoms with Crippen molar-refractivity contribution in [3.8, 4) is 0 Å². The lowest BCUT2D eigenvalue weighted by molar-refractivity contribution is -0.384. The lowest BCUT2D eigenvalue weighted by atomic mass is 10.2. The van der Waals surface area contributed by atoms with Crippen LogP contribution in [0.2, 0.25) is 0 Å². The van der Waals surface area contributed by atoms with Crippen LogP contribution in [0.4, 0.5) is 5.69 Å². The SMILES string of the molecule is C=CCn1c(=NC(=O)c2cccc(S(=O)(=O)CC)c2)sc2ccc([N+](=O)[O-])cc21. The van der Waals surface area contributed by atoms with Gasteiger partial charge in [-0.2, -0.15) is 4.99 Å². The average Bonchev–Trinajstić information content (AvgIpc) is 3.04. The van der Waals surface area contributed by atoms with Gasteiger partial charge in [0.15, 0.2) is 14.6 Å². The number of fused-ring (bicyclic) bond motifs is 1. The summed E-state index contributed by atoms with van der Waals surface area (Å²) < 4.78 is 26.5. The van der Waals surface area contributed by atoms with Gasteiger partial charge in [0.25, 0.3) is 11.6 Å². The lowest BCUT2D eigenvalue weighted by Gasteiger charge is -2.03. The first-order chi connectivity index (χ1) is 13.8. The minimum Gasteiger partial charge on any atom is -0.312 e. The molecular weight excluding hydrogens is 414 g/mol. The molecule has 150 valence electrons. The number of sulfone groups is 1. The van der Waals surface area contributed by atoms with E-state index in [1.54, 1.807) is 16.7 Å². The van der Waals surface area contributed by atoms with Crippen LogP contribution in [0.3, 0.4) is 0 Å². The molecule has 0 saturated heterocycles. The Morgan fingerprint density at radius 2 is 2.07 bits per heavy atom. The van der Waals surface area contributed by atoms with Crippen LogP contribution in [-0.4, -0.2) is 29.6 Å². The van der Waals surface area contributed by atoms with Crippen molar-refractivity contribution in [3.63, 3.8) is 0 Å². The van der Waals surface area contributed by atoms with E-state index in [0.717, 1.165) is 4.70 Å². The quantitative estimate of drug-likeness (QED) is 0.338. The topological polar surface area (TPSA) is 112 Å². The van der Waals surface area contributed by atoms with Crippen molar-refractivity contribution < 1.29 is 18.1 Å². The van der Waals surface area contributed by atoms with E-state index in [1.165, 1.54) is 54.7 Å². The zero-order chi connectivity index (χ0) is 21.2. The Morgan fingerprint density at radius 1 is 1.31 bits per heavy atom. The molecule has 3 aromatic rings. The number of carbonyl (C=O) groups excluding carboxylic acids is 1. The number of amides is 1. The van der Waals surface area contributed by atoms with E-state index in [4.69, 9.17) is 0 Å². The maximum atomic E-state index is 12.7. The van der Waals surface area contributed by atoms with Gasteiger partial charge in [0, 0.05) is 24.2 Å². The predicted molar refractivity (Wildman–Crippen MR) is 111 cm³/mol. The average molecular weight is 431 g/mol. The van der Waals surface area contributed by atoms with Crippen LogP contribution >= 0.6 is 11.3 Å². The fourth-order valence-electron chi connectivity index (χ4n) is 2.70. The van der Waals surface area contributed by atoms with Crippen LogP contribution in [0.1, 0.15) is 17.3 Å². The number of hydrogen-bond acceptors (Lipinski definition) is 6. The van der Waals surface area contributed by atoms with Gasteiger partial charge >= 0.3 is 0 Å². The maximum absolute atomic E-state index is 12.7. The lowest BCUT2D eigenvalue weighted by Crippen LogP contribution is -2.16. The molecule has 29 heavy (non-hydrogen) atoms. The van der Waals surface area contributed by atoms with Crippen LogP contribution in [0, 0.1) is 10.1 Å². The third-order valence-electron chi connectivity index (χ3n) is 4.21. The van der Waals surface area contributed by atoms with Gasteiger partial charge in [0.05, 0.1) is 25.8 Å². The fourth-order valence-corrected chi connectivity index (χ4v) is 4.65. The number of rotatable bonds is 6. The fraction of sp³-hybridized carbons (Fsp3) is 0.158. The summed E-state index contributed by atoms with van der Waals surface area (Å²) in [6.07, 6.45) is 1.60. The van der Waals surface area contributed by atoms with Gasteiger partial charge in [-0.15, -0.1) is 6.58 Å². The van der Waals surface area contributed by atoms with Crippen molar-refractivity contribution in [1.29, 1.82) is 0 Å². The minimum atomic E-state index is -3.45. The van der Waals surface area contributed by atoms with Gasteiger partial charge < -0.3 is 4.57 Å². The molecule has 0 aliphatic rings. The summed E-state index contributed by atoms with van der Waals surface area (Å²) in [6.45, 7) is 5.52. The zero-order valence-electron chi connectivity index (χ0n) is 15.4. The van der Waals surface area contributed by atoms with E-state index in [1.807, 2.05) is 0 Å². The number of nitro benzene ring substituents is 1. The second kappa shape index (κ2) is 8.10. The van der Waals surface area contributed by atoms with E-state index in [9.17, 15) is 23.3 Å². The molecule has 10 heteroatoms. The molecule has 3 rings (SSSR count). The van der Waals surface area contributed by atoms with Gasteiger partial charge in [0.2, 0.25) is 0 Å². The van der Waals surface area contributed by atoms with Gasteiger partial charge in [-0.05, 0) is 24.3 Å². The Hall–Kier alpha value is -3.11. The van der Waals surface area contributed by atoms with Gasteiger partial charge in [0.1, 0.15) is 0 Å². The van der Waals surface area contributed by atoms with Crippen LogP contribution in [0.25, 0.3) is 10.2 Å². The Kier molecular flexibility index (Phi) is 5.76. The molecule has 0 aliphatic heterocycles. The molecule has 1 heterocycles. The molecule has 0 radical (unpaired) electrons. The number of allylic oxidation sites excluding steroid dienone is 1. The van der Waals surface area contributed by atoms with Crippen molar-refractivity contribution in [2.45, 2.75) is 18.4 Å². The van der Waals surface area contributed by atoms with Crippen LogP contribution < -0.4 is 4.80 Å². The summed E-state index contributed by atoms with van der Waals surface area (Å²) in [7, 11) is -3.45. The highest BCUT2D eigenvalue weighted by atomic mass is 32.2. The summed E-state index contributed by atoms with van der Waals surface area (Å²) in [5, 5.41) is 11.1. The number of non-ortho nitro benzene ring substituents is 1. The molecule has 0 spiro atoms. The molecule has 2 aromatic carbocycles. The molecule has 0 fully saturated rings. The molecule has 0 aliphatic carbocycles. The number of nitrogens with zero attached hydrogens (tertiary/aromatic N) is 3. The second-order valence-electron chi connectivity index (χ2n) is 6.04. The predicted octanol–water partition coefficient (Wildman–Crippen LogP) is 3.33. The standard InChI is InChI=1S/C19H17N3O5S2/c1-3-10-21-16-12-14(22(24)25)8-9-17(16)28-19(21)20-18(23)13-6-5-7-15(11-13)29(26,27)4-2/h3,5-9,11-12H,1,4,10H2,2H3. The molecule has 0 saturated carbocycles. The highest BCUT2D eigenvalue weighted by Gasteiger charge is 2.16. The summed E-state index contributed by atoms with van der Waals surface area (Å²) in [5.41, 5.74) is 0.648. The highest BCUT2D eigenvalue weighted by molar-refractivity contribution is 7.91. The number of benzene rings is 2. The van der Waals surface area contributed by atoms with Crippen molar-refractivity contribution in [3.05, 3.63) is 75.6 Å². The van der Waals surface area contributed by atoms with Crippen LogP contribution in [-0.2, 0) is 16.4 Å². The zero-order valence-corrected chi connectivity index (χ0v) is 17.1. The van der Waals surface area contributed by atoms with Gasteiger partial charge in [-0.3, -0.25) is 14.9 Å². The smallest absolute Gasteiger partial charge is 0.279 e. The number of hydrogen-bond donors (Lipinski definition) is 0. The first-order valence-electron chi connectivity index (χ1n) is 8.57. The Labute approximate surface area is 170 Å². The number of thiazole rings is 1. The summed E-state index contributed by atoms with van der Waals surface area (Å²) in [6, 6.07) is 10.2. The van der Waals surface area contributed by atoms with E-state index >= 15 is 0 Å². The molecule has 0 bridgehead atoms. The molecule has 1 amide bonds. The van der Waals surface area contributed by atoms with Crippen molar-refractivity contribution in [1.82, 2.24) is 4.57 Å². The highest BCUT2D eigenvalue weighted by Crippen LogP contribution is 2.23. The van der Waals surface area contributed by atoms with Gasteiger partial charge in [-0.25, -0.2) is 8.42 Å². The third kappa shape index (κ3) is 4.17. The van der Waals surface area contributed by atoms with E-state index in [-0.39, 0.29) is 21.9 Å². The largest absolute Gasteiger partial charge is 0.312 e. The first-order valence-corrected chi connectivity index (χ1v) is 11.0. The maximum Gasteiger partial charge on any atom is 0.279 e. The number of aromatic nitrogens is 1. The van der Waals surface area contributed by atoms with Crippen LogP contribution in [0.15, 0.2) is 65.0 Å². The Bertz CT molecular complexity index is 1300. The van der Waals surface area contributed by atoms with Crippen LogP contribution in [0.5, 0.6) is 0 Å². The first kappa shape index (κ1) is 20.6. The summed E-state index contributed by atoms with van der Waals surface area (Å²) in [5.74, 6) is -0.673. The molecular formula is C19H17N3O5S2. The van der Waals surface area contributed by atoms with Crippen molar-refractivity contribution in [2.75, 3.05) is 5.75 Å². The molecule has 0 atom stereocenters. The molecule has 1 aromatic heterocycles. The number of carbonyl (C=O) groups is 1. The Morgan fingerprint density at radius 3 is 2.72 bits per heavy atom. The minimum absolute atomic E-state index is 0.0620. The molecule has 0 N–H and O–H groups in total. The van der Waals surface area contributed by atoms with E-state index in [2.05, 4.69) is 11.6 Å². The normalized spacial score (nSPS) is 12.2. The van der Waals surface area contributed by atoms with Gasteiger partial charge in [-0.1, -0.05) is 30.4 Å². The molecule has 8 nitrogen and oxygen atoms in total. The summed E-state index contributed by atoms with van der Waals surface area (Å²) in [4.78, 5) is 27.8. The van der Waals surface area contributed by atoms with Crippen molar-refractivity contribution in [2.24, 2.45) is 4.99 Å². The second-order valence-corrected chi connectivity index (χ2v) is 9.33. The monoisotopic (exact) mass is 431 g/mol. The van der Waals surface area contributed by atoms with Crippen molar-refractivity contribution >= 4 is 43.0 Å². The van der Waals surface area contributed by atoms with E-state index in [0.29, 0.717) is 16.9 Å². The number of nitro groups is 1. The Balaban J connectivity index is 2.14. The van der Waals surface area contributed by atoms with E-state index < -0.39 is 20.7 Å². The summed E-state index contributed by atoms with van der Waals surface area (Å²) >= 11 is 1.21. The molecule has 0 unspecified atom stereocenters.